The minimum absolute atomic E-state index is 0.00685. The van der Waals surface area contributed by atoms with Gasteiger partial charge < -0.3 is 24.8 Å². The number of methoxy groups -OCH3 is 2. The monoisotopic (exact) mass is 584 g/mol. The second-order valence-corrected chi connectivity index (χ2v) is 10.0. The van der Waals surface area contributed by atoms with E-state index in [4.69, 9.17) is 20.6 Å². The first-order valence-corrected chi connectivity index (χ1v) is 14.4. The number of rotatable bonds is 16. The van der Waals surface area contributed by atoms with Crippen LogP contribution in [-0.4, -0.2) is 51.2 Å². The number of esters is 1. The predicted molar refractivity (Wildman–Crippen MR) is 166 cm³/mol. The topological polar surface area (TPSA) is 103 Å². The Kier molecular flexibility index (Phi) is 12.7. The van der Waals surface area contributed by atoms with E-state index in [9.17, 15) is 14.4 Å². The number of ether oxygens (including phenoxy) is 3. The summed E-state index contributed by atoms with van der Waals surface area (Å²) < 4.78 is 16.5. The van der Waals surface area contributed by atoms with Crippen LogP contribution < -0.4 is 20.1 Å². The van der Waals surface area contributed by atoms with E-state index in [0.717, 1.165) is 23.1 Å². The van der Waals surface area contributed by atoms with E-state index in [1.54, 1.807) is 14.2 Å². The van der Waals surface area contributed by atoms with Gasteiger partial charge in [0.15, 0.2) is 6.10 Å². The lowest BCUT2D eigenvalue weighted by Crippen LogP contribution is -2.40. The molecule has 3 aromatic carbocycles. The van der Waals surface area contributed by atoms with Gasteiger partial charge in [0.25, 0.3) is 5.91 Å². The second-order valence-electron chi connectivity index (χ2n) is 10.0. The summed E-state index contributed by atoms with van der Waals surface area (Å²) in [5.74, 6) is 2.45. The first-order chi connectivity index (χ1) is 20.9. The third kappa shape index (κ3) is 8.86. The fourth-order valence-electron chi connectivity index (χ4n) is 5.04. The number of amides is 2. The third-order valence-electron chi connectivity index (χ3n) is 7.27. The van der Waals surface area contributed by atoms with Crippen molar-refractivity contribution in [3.05, 3.63) is 95.6 Å². The van der Waals surface area contributed by atoms with Crippen molar-refractivity contribution in [1.29, 1.82) is 0 Å². The van der Waals surface area contributed by atoms with Crippen LogP contribution in [0.2, 0.25) is 0 Å². The average molecular weight is 585 g/mol. The highest BCUT2D eigenvalue weighted by molar-refractivity contribution is 5.85. The van der Waals surface area contributed by atoms with Crippen LogP contribution in [0.4, 0.5) is 0 Å². The van der Waals surface area contributed by atoms with E-state index < -0.39 is 23.4 Å². The van der Waals surface area contributed by atoms with Crippen molar-refractivity contribution >= 4 is 17.8 Å². The lowest BCUT2D eigenvalue weighted by Gasteiger charge is -2.37. The van der Waals surface area contributed by atoms with Crippen LogP contribution in [-0.2, 0) is 24.5 Å². The Morgan fingerprint density at radius 2 is 1.37 bits per heavy atom. The van der Waals surface area contributed by atoms with Crippen molar-refractivity contribution in [2.75, 3.05) is 27.3 Å². The van der Waals surface area contributed by atoms with Gasteiger partial charge in [0.1, 0.15) is 11.5 Å². The molecule has 0 fully saturated rings. The van der Waals surface area contributed by atoms with Crippen LogP contribution in [0.3, 0.4) is 0 Å². The summed E-state index contributed by atoms with van der Waals surface area (Å²) in [6.45, 7) is 2.47. The number of hydrogen-bond donors (Lipinski definition) is 2. The molecule has 3 rings (SSSR count). The summed E-state index contributed by atoms with van der Waals surface area (Å²) >= 11 is 0. The highest BCUT2D eigenvalue weighted by Crippen LogP contribution is 2.44. The third-order valence-corrected chi connectivity index (χ3v) is 7.27. The summed E-state index contributed by atoms with van der Waals surface area (Å²) in [5, 5.41) is 5.39. The highest BCUT2D eigenvalue weighted by atomic mass is 16.5. The van der Waals surface area contributed by atoms with Crippen LogP contribution >= 0.6 is 0 Å². The summed E-state index contributed by atoms with van der Waals surface area (Å²) in [5.41, 5.74) is 2.18. The number of nitrogens with one attached hydrogen (secondary N) is 2. The molecule has 0 bridgehead atoms. The molecule has 0 spiro atoms. The number of hydrogen-bond acceptors (Lipinski definition) is 6. The molecule has 0 unspecified atom stereocenters. The van der Waals surface area contributed by atoms with Crippen LogP contribution in [0.5, 0.6) is 11.5 Å². The van der Waals surface area contributed by atoms with Crippen LogP contribution in [0.1, 0.15) is 55.7 Å². The fraction of sp³-hybridized carbons (Fsp3) is 0.343. The molecule has 2 amide bonds. The lowest BCUT2D eigenvalue weighted by atomic mass is 9.66. The van der Waals surface area contributed by atoms with E-state index in [2.05, 4.69) is 16.6 Å². The zero-order valence-electron chi connectivity index (χ0n) is 25.1. The highest BCUT2D eigenvalue weighted by Gasteiger charge is 2.38. The normalized spacial score (nSPS) is 11.5. The molecular weight excluding hydrogens is 544 g/mol. The first-order valence-electron chi connectivity index (χ1n) is 14.4. The van der Waals surface area contributed by atoms with Crippen LogP contribution in [0.15, 0.2) is 78.9 Å². The van der Waals surface area contributed by atoms with Gasteiger partial charge in [-0.1, -0.05) is 67.4 Å². The average Bonchev–Trinajstić information content (AvgIpc) is 3.05. The van der Waals surface area contributed by atoms with Crippen molar-refractivity contribution < 1.29 is 28.6 Å². The molecule has 0 heterocycles. The van der Waals surface area contributed by atoms with Gasteiger partial charge in [-0.2, -0.15) is 0 Å². The molecular formula is C35H40N2O6. The molecule has 0 saturated carbocycles. The molecule has 8 heteroatoms. The van der Waals surface area contributed by atoms with E-state index in [1.807, 2.05) is 85.8 Å². The summed E-state index contributed by atoms with van der Waals surface area (Å²) in [4.78, 5) is 38.1. The Bertz CT molecular complexity index is 1320. The van der Waals surface area contributed by atoms with Crippen molar-refractivity contribution in [3.8, 4) is 23.8 Å². The van der Waals surface area contributed by atoms with Gasteiger partial charge in [-0.3, -0.25) is 14.4 Å². The fourth-order valence-corrected chi connectivity index (χ4v) is 5.04. The molecule has 0 aliphatic heterocycles. The van der Waals surface area contributed by atoms with Gasteiger partial charge in [-0.15, -0.1) is 6.42 Å². The molecule has 0 radical (unpaired) electrons. The molecule has 0 aromatic heterocycles. The van der Waals surface area contributed by atoms with Crippen molar-refractivity contribution in [2.24, 2.45) is 0 Å². The second kappa shape index (κ2) is 16.6. The molecule has 1 atom stereocenters. The SMILES string of the molecule is C#CCNC(=O)[C@@H](CCC(c1ccccc1)(c1ccc(OC)cc1)c1ccc(OC)cc1)OC(=O)CCC(=O)NCCC. The smallest absolute Gasteiger partial charge is 0.307 e. The Labute approximate surface area is 254 Å². The van der Waals surface area contributed by atoms with E-state index in [1.165, 1.54) is 0 Å². The maximum absolute atomic E-state index is 13.2. The van der Waals surface area contributed by atoms with Crippen LogP contribution in [0, 0.1) is 12.3 Å². The minimum atomic E-state index is -1.13. The number of carbonyl (C=O) groups excluding carboxylic acids is 3. The Balaban J connectivity index is 2.02. The Hall–Kier alpha value is -4.77. The largest absolute Gasteiger partial charge is 0.497 e. The van der Waals surface area contributed by atoms with E-state index in [-0.39, 0.29) is 31.7 Å². The standard InChI is InChI=1S/C35H40N2O6/c1-5-24-36-32(38)20-21-33(39)43-31(34(40)37-25-6-2)22-23-35(26-10-8-7-9-11-26,27-12-16-29(41-3)17-13-27)28-14-18-30(42-4)19-15-28/h2,7-19,31H,5,20-25H2,1,3-4H3,(H,36,38)(H,37,40)/t31-/m1/s1. The zero-order chi connectivity index (χ0) is 31.1. The molecule has 0 saturated heterocycles. The maximum atomic E-state index is 13.2. The zero-order valence-corrected chi connectivity index (χ0v) is 25.1. The molecule has 43 heavy (non-hydrogen) atoms. The molecule has 0 aliphatic carbocycles. The summed E-state index contributed by atoms with van der Waals surface area (Å²) in [6.07, 6.45) is 5.45. The van der Waals surface area contributed by atoms with Crippen molar-refractivity contribution in [2.45, 2.75) is 50.5 Å². The van der Waals surface area contributed by atoms with Gasteiger partial charge in [0.2, 0.25) is 5.91 Å². The summed E-state index contributed by atoms with van der Waals surface area (Å²) in [6, 6.07) is 25.6. The Morgan fingerprint density at radius 1 is 0.814 bits per heavy atom. The van der Waals surface area contributed by atoms with Gasteiger partial charge in [-0.25, -0.2) is 0 Å². The molecule has 0 aliphatic rings. The Morgan fingerprint density at radius 3 is 1.88 bits per heavy atom. The van der Waals surface area contributed by atoms with Crippen LogP contribution in [0.25, 0.3) is 0 Å². The number of benzene rings is 3. The van der Waals surface area contributed by atoms with Gasteiger partial charge in [-0.05, 0) is 60.2 Å². The lowest BCUT2D eigenvalue weighted by molar-refractivity contribution is -0.157. The quantitative estimate of drug-likeness (QED) is 0.143. The summed E-state index contributed by atoms with van der Waals surface area (Å²) in [7, 11) is 3.23. The van der Waals surface area contributed by atoms with E-state index >= 15 is 0 Å². The predicted octanol–water partition coefficient (Wildman–Crippen LogP) is 4.79. The molecule has 3 aromatic rings. The van der Waals surface area contributed by atoms with E-state index in [0.29, 0.717) is 24.5 Å². The van der Waals surface area contributed by atoms with Gasteiger partial charge in [0.05, 0.1) is 27.2 Å². The van der Waals surface area contributed by atoms with Crippen molar-refractivity contribution in [1.82, 2.24) is 10.6 Å². The molecule has 226 valence electrons. The minimum Gasteiger partial charge on any atom is -0.497 e. The van der Waals surface area contributed by atoms with Gasteiger partial charge >= 0.3 is 5.97 Å². The number of terminal acetylenes is 1. The molecule has 8 nitrogen and oxygen atoms in total. The first kappa shape index (κ1) is 32.7. The maximum Gasteiger partial charge on any atom is 0.307 e. The number of carbonyl (C=O) groups is 3. The van der Waals surface area contributed by atoms with Gasteiger partial charge in [0, 0.05) is 18.4 Å². The molecule has 2 N–H and O–H groups in total. The van der Waals surface area contributed by atoms with Crippen molar-refractivity contribution in [3.63, 3.8) is 0 Å².